The summed E-state index contributed by atoms with van der Waals surface area (Å²) < 4.78 is 0. The van der Waals surface area contributed by atoms with Gasteiger partial charge in [-0.05, 0) is 39.1 Å². The van der Waals surface area contributed by atoms with E-state index in [2.05, 4.69) is 30.5 Å². The lowest BCUT2D eigenvalue weighted by Crippen LogP contribution is -2.41. The second-order valence-electron chi connectivity index (χ2n) is 4.68. The number of piperidine rings is 1. The molecule has 0 aliphatic carbocycles. The Morgan fingerprint density at radius 2 is 1.88 bits per heavy atom. The molecule has 0 amide bonds. The third kappa shape index (κ3) is 4.15. The van der Waals surface area contributed by atoms with Gasteiger partial charge in [0.1, 0.15) is 0 Å². The summed E-state index contributed by atoms with van der Waals surface area (Å²) >= 11 is 0. The third-order valence-electron chi connectivity index (χ3n) is 3.20. The Hall–Kier alpha value is -1.42. The van der Waals surface area contributed by atoms with Gasteiger partial charge in [0.15, 0.2) is 0 Å². The van der Waals surface area contributed by atoms with Gasteiger partial charge < -0.3 is 21.3 Å². The predicted octanol–water partition coefficient (Wildman–Crippen LogP) is 0.841. The number of rotatable bonds is 4. The van der Waals surface area contributed by atoms with E-state index in [0.717, 1.165) is 18.8 Å². The SMILES string of the molecule is C=C(N)/C=C\C(=C/N)N1CCC(N(C)C)CC1. The lowest BCUT2D eigenvalue weighted by Gasteiger charge is -2.36. The van der Waals surface area contributed by atoms with E-state index >= 15 is 0 Å². The van der Waals surface area contributed by atoms with Crippen molar-refractivity contribution in [3.8, 4) is 0 Å². The highest BCUT2D eigenvalue weighted by Gasteiger charge is 2.20. The molecule has 4 heteroatoms. The molecular weight excluding hydrogens is 212 g/mol. The predicted molar refractivity (Wildman–Crippen MR) is 73.0 cm³/mol. The van der Waals surface area contributed by atoms with Gasteiger partial charge in [-0.15, -0.1) is 0 Å². The maximum Gasteiger partial charge on any atom is 0.0524 e. The summed E-state index contributed by atoms with van der Waals surface area (Å²) in [6.07, 6.45) is 7.69. The standard InChI is InChI=1S/C13H24N4/c1-11(15)4-5-13(10-14)17-8-6-12(7-9-17)16(2)3/h4-5,10,12H,1,6-9,14-15H2,2-3H3/b5-4-,13-10+. The van der Waals surface area contributed by atoms with Crippen LogP contribution in [0.4, 0.5) is 0 Å². The summed E-state index contributed by atoms with van der Waals surface area (Å²) in [7, 11) is 4.27. The van der Waals surface area contributed by atoms with Crippen LogP contribution in [-0.4, -0.2) is 43.0 Å². The van der Waals surface area contributed by atoms with Crippen molar-refractivity contribution in [3.05, 3.63) is 36.3 Å². The number of likely N-dealkylation sites (tertiary alicyclic amines) is 1. The van der Waals surface area contributed by atoms with Gasteiger partial charge in [0.2, 0.25) is 0 Å². The molecule has 0 bridgehead atoms. The Bertz CT molecular complexity index is 309. The Balaban J connectivity index is 2.54. The Labute approximate surface area is 104 Å². The second kappa shape index (κ2) is 6.35. The Morgan fingerprint density at radius 3 is 2.29 bits per heavy atom. The fraction of sp³-hybridized carbons (Fsp3) is 0.538. The number of hydrogen-bond acceptors (Lipinski definition) is 4. The van der Waals surface area contributed by atoms with Crippen molar-refractivity contribution < 1.29 is 0 Å². The molecule has 1 aliphatic rings. The second-order valence-corrected chi connectivity index (χ2v) is 4.68. The molecule has 0 atom stereocenters. The van der Waals surface area contributed by atoms with E-state index in [1.54, 1.807) is 12.3 Å². The number of nitrogens with two attached hydrogens (primary N) is 2. The first kappa shape index (κ1) is 13.6. The monoisotopic (exact) mass is 236 g/mol. The zero-order chi connectivity index (χ0) is 12.8. The molecule has 0 aromatic heterocycles. The summed E-state index contributed by atoms with van der Waals surface area (Å²) in [5.74, 6) is 0. The number of allylic oxidation sites excluding steroid dienone is 2. The first-order chi connectivity index (χ1) is 8.04. The van der Waals surface area contributed by atoms with Crippen LogP contribution in [0.2, 0.25) is 0 Å². The molecule has 17 heavy (non-hydrogen) atoms. The Morgan fingerprint density at radius 1 is 1.29 bits per heavy atom. The molecule has 0 radical (unpaired) electrons. The van der Waals surface area contributed by atoms with E-state index in [1.165, 1.54) is 12.8 Å². The minimum Gasteiger partial charge on any atom is -0.403 e. The van der Waals surface area contributed by atoms with Crippen molar-refractivity contribution in [2.24, 2.45) is 11.5 Å². The summed E-state index contributed by atoms with van der Waals surface area (Å²) in [4.78, 5) is 4.58. The zero-order valence-corrected chi connectivity index (χ0v) is 10.9. The highest BCUT2D eigenvalue weighted by Crippen LogP contribution is 2.18. The van der Waals surface area contributed by atoms with Crippen LogP contribution in [0.3, 0.4) is 0 Å². The van der Waals surface area contributed by atoms with Gasteiger partial charge in [-0.2, -0.15) is 0 Å². The van der Waals surface area contributed by atoms with Gasteiger partial charge in [0, 0.05) is 31.0 Å². The summed E-state index contributed by atoms with van der Waals surface area (Å²) in [6, 6.07) is 0.679. The maximum absolute atomic E-state index is 5.65. The van der Waals surface area contributed by atoms with Crippen molar-refractivity contribution in [3.63, 3.8) is 0 Å². The van der Waals surface area contributed by atoms with Crippen LogP contribution in [0.1, 0.15) is 12.8 Å². The molecule has 0 unspecified atom stereocenters. The van der Waals surface area contributed by atoms with Gasteiger partial charge in [-0.1, -0.05) is 6.58 Å². The molecule has 1 saturated heterocycles. The molecule has 4 nitrogen and oxygen atoms in total. The minimum atomic E-state index is 0.549. The molecule has 0 aromatic rings. The van der Waals surface area contributed by atoms with Crippen LogP contribution in [0.15, 0.2) is 36.3 Å². The molecule has 1 rings (SSSR count). The van der Waals surface area contributed by atoms with E-state index in [4.69, 9.17) is 11.5 Å². The average Bonchev–Trinajstić information content (AvgIpc) is 2.30. The highest BCUT2D eigenvalue weighted by molar-refractivity contribution is 5.23. The molecule has 1 aliphatic heterocycles. The first-order valence-corrected chi connectivity index (χ1v) is 6.00. The van der Waals surface area contributed by atoms with E-state index in [1.807, 2.05) is 6.08 Å². The smallest absolute Gasteiger partial charge is 0.0524 e. The van der Waals surface area contributed by atoms with Crippen LogP contribution in [0.5, 0.6) is 0 Å². The van der Waals surface area contributed by atoms with Gasteiger partial charge >= 0.3 is 0 Å². The quantitative estimate of drug-likeness (QED) is 0.710. The fourth-order valence-corrected chi connectivity index (χ4v) is 2.10. The number of hydrogen-bond donors (Lipinski definition) is 2. The third-order valence-corrected chi connectivity index (χ3v) is 3.20. The Kier molecular flexibility index (Phi) is 5.10. The van der Waals surface area contributed by atoms with E-state index in [-0.39, 0.29) is 0 Å². The van der Waals surface area contributed by atoms with Gasteiger partial charge in [0.25, 0.3) is 0 Å². The van der Waals surface area contributed by atoms with Crippen molar-refractivity contribution in [1.29, 1.82) is 0 Å². The van der Waals surface area contributed by atoms with Crippen molar-refractivity contribution >= 4 is 0 Å². The van der Waals surface area contributed by atoms with Gasteiger partial charge in [-0.3, -0.25) is 0 Å². The summed E-state index contributed by atoms with van der Waals surface area (Å²) in [6.45, 7) is 5.71. The lowest BCUT2D eigenvalue weighted by molar-refractivity contribution is 0.173. The molecule has 0 aromatic carbocycles. The van der Waals surface area contributed by atoms with E-state index in [9.17, 15) is 0 Å². The molecule has 4 N–H and O–H groups in total. The van der Waals surface area contributed by atoms with Gasteiger partial charge in [0.05, 0.1) is 5.70 Å². The average molecular weight is 236 g/mol. The van der Waals surface area contributed by atoms with Crippen molar-refractivity contribution in [2.45, 2.75) is 18.9 Å². The summed E-state index contributed by atoms with van der Waals surface area (Å²) in [5.41, 5.74) is 12.7. The zero-order valence-electron chi connectivity index (χ0n) is 10.9. The van der Waals surface area contributed by atoms with E-state index in [0.29, 0.717) is 11.7 Å². The lowest BCUT2D eigenvalue weighted by atomic mass is 10.0. The molecule has 0 spiro atoms. The van der Waals surface area contributed by atoms with Crippen LogP contribution < -0.4 is 11.5 Å². The van der Waals surface area contributed by atoms with Gasteiger partial charge in [-0.25, -0.2) is 0 Å². The van der Waals surface area contributed by atoms with Crippen molar-refractivity contribution in [1.82, 2.24) is 9.80 Å². The maximum atomic E-state index is 5.65. The first-order valence-electron chi connectivity index (χ1n) is 6.00. The highest BCUT2D eigenvalue weighted by atomic mass is 15.2. The summed E-state index contributed by atoms with van der Waals surface area (Å²) in [5, 5.41) is 0. The largest absolute Gasteiger partial charge is 0.403 e. The van der Waals surface area contributed by atoms with E-state index < -0.39 is 0 Å². The van der Waals surface area contributed by atoms with Crippen molar-refractivity contribution in [2.75, 3.05) is 27.2 Å². The van der Waals surface area contributed by atoms with Crippen LogP contribution in [-0.2, 0) is 0 Å². The molecule has 96 valence electrons. The molecular formula is C13H24N4. The van der Waals surface area contributed by atoms with Crippen LogP contribution in [0, 0.1) is 0 Å². The number of nitrogens with zero attached hydrogens (tertiary/aromatic N) is 2. The topological polar surface area (TPSA) is 58.5 Å². The minimum absolute atomic E-state index is 0.549. The molecule has 0 saturated carbocycles. The molecule has 1 fully saturated rings. The normalized spacial score (nSPS) is 19.2. The van der Waals surface area contributed by atoms with Crippen LogP contribution >= 0.6 is 0 Å². The fourth-order valence-electron chi connectivity index (χ4n) is 2.10. The van der Waals surface area contributed by atoms with Crippen LogP contribution in [0.25, 0.3) is 0 Å². The molecule has 1 heterocycles.